The van der Waals surface area contributed by atoms with E-state index < -0.39 is 12.0 Å². The van der Waals surface area contributed by atoms with E-state index in [1.54, 1.807) is 7.11 Å². The highest BCUT2D eigenvalue weighted by Gasteiger charge is 2.15. The van der Waals surface area contributed by atoms with Crippen molar-refractivity contribution in [1.82, 2.24) is 5.32 Å². The number of carbonyl (C=O) groups excluding carboxylic acids is 1. The number of rotatable bonds is 5. The molecule has 104 valence electrons. The molecule has 2 N–H and O–H groups in total. The van der Waals surface area contributed by atoms with Crippen LogP contribution in [0.15, 0.2) is 12.1 Å². The average molecular weight is 265 g/mol. The number of aryl methyl sites for hydroxylation is 2. The lowest BCUT2D eigenvalue weighted by Gasteiger charge is -2.12. The van der Waals surface area contributed by atoms with Gasteiger partial charge in [0.05, 0.1) is 13.5 Å². The number of nitrogens with one attached hydrogen (secondary N) is 1. The van der Waals surface area contributed by atoms with Gasteiger partial charge in [0.1, 0.15) is 11.8 Å². The summed E-state index contributed by atoms with van der Waals surface area (Å²) in [6.07, 6.45) is 0.156. The summed E-state index contributed by atoms with van der Waals surface area (Å²) in [7, 11) is 1.61. The number of carboxylic acid groups (broad SMARTS) is 1. The van der Waals surface area contributed by atoms with Crippen LogP contribution in [-0.4, -0.2) is 30.1 Å². The van der Waals surface area contributed by atoms with Crippen molar-refractivity contribution in [3.8, 4) is 5.75 Å². The van der Waals surface area contributed by atoms with E-state index in [0.717, 1.165) is 22.4 Å². The van der Waals surface area contributed by atoms with E-state index in [1.165, 1.54) is 6.92 Å². The highest BCUT2D eigenvalue weighted by Crippen LogP contribution is 2.24. The fourth-order valence-corrected chi connectivity index (χ4v) is 2.00. The summed E-state index contributed by atoms with van der Waals surface area (Å²) < 4.78 is 5.25. The Morgan fingerprint density at radius 2 is 1.84 bits per heavy atom. The molecule has 0 unspecified atom stereocenters. The van der Waals surface area contributed by atoms with Gasteiger partial charge in [-0.2, -0.15) is 0 Å². The van der Waals surface area contributed by atoms with Crippen molar-refractivity contribution in [2.75, 3.05) is 7.11 Å². The molecule has 0 aliphatic carbocycles. The molecular weight excluding hydrogens is 246 g/mol. The molecule has 0 aromatic heterocycles. The molecule has 0 radical (unpaired) electrons. The summed E-state index contributed by atoms with van der Waals surface area (Å²) in [4.78, 5) is 22.3. The number of aliphatic carboxylic acids is 1. The number of hydrogen-bond donors (Lipinski definition) is 2. The van der Waals surface area contributed by atoms with Gasteiger partial charge in [0, 0.05) is 0 Å². The van der Waals surface area contributed by atoms with Crippen molar-refractivity contribution in [3.05, 3.63) is 28.8 Å². The Bertz CT molecular complexity index is 473. The number of hydrogen-bond acceptors (Lipinski definition) is 3. The molecular formula is C14H19NO4. The van der Waals surface area contributed by atoms with Gasteiger partial charge in [0.15, 0.2) is 0 Å². The molecule has 5 heteroatoms. The number of carbonyl (C=O) groups is 2. The first kappa shape index (κ1) is 15.0. The van der Waals surface area contributed by atoms with Crippen LogP contribution in [0.1, 0.15) is 23.6 Å². The maximum absolute atomic E-state index is 11.7. The van der Waals surface area contributed by atoms with Crippen molar-refractivity contribution in [3.63, 3.8) is 0 Å². The Hall–Kier alpha value is -2.04. The van der Waals surface area contributed by atoms with Gasteiger partial charge in [-0.15, -0.1) is 0 Å². The van der Waals surface area contributed by atoms with E-state index in [0.29, 0.717) is 0 Å². The monoisotopic (exact) mass is 265 g/mol. The lowest BCUT2D eigenvalue weighted by atomic mass is 10.0. The van der Waals surface area contributed by atoms with E-state index in [-0.39, 0.29) is 12.3 Å². The average Bonchev–Trinajstić information content (AvgIpc) is 2.27. The van der Waals surface area contributed by atoms with E-state index in [4.69, 9.17) is 9.84 Å². The van der Waals surface area contributed by atoms with Gasteiger partial charge in [0.2, 0.25) is 5.91 Å². The summed E-state index contributed by atoms with van der Waals surface area (Å²) in [5, 5.41) is 11.1. The Morgan fingerprint density at radius 1 is 1.32 bits per heavy atom. The van der Waals surface area contributed by atoms with Crippen molar-refractivity contribution < 1.29 is 19.4 Å². The molecule has 1 aromatic rings. The lowest BCUT2D eigenvalue weighted by Crippen LogP contribution is -2.39. The van der Waals surface area contributed by atoms with Gasteiger partial charge < -0.3 is 15.2 Å². The number of methoxy groups -OCH3 is 1. The summed E-state index contributed by atoms with van der Waals surface area (Å²) in [6.45, 7) is 5.25. The zero-order valence-electron chi connectivity index (χ0n) is 11.6. The molecule has 1 rings (SSSR count). The second-order valence-electron chi connectivity index (χ2n) is 4.57. The third-order valence-electron chi connectivity index (χ3n) is 2.84. The summed E-state index contributed by atoms with van der Waals surface area (Å²) in [5.41, 5.74) is 2.75. The number of carboxylic acids is 1. The highest BCUT2D eigenvalue weighted by molar-refractivity contribution is 5.84. The second kappa shape index (κ2) is 6.22. The van der Waals surface area contributed by atoms with Crippen molar-refractivity contribution in [2.24, 2.45) is 0 Å². The predicted octanol–water partition coefficient (Wildman–Crippen LogP) is 1.44. The van der Waals surface area contributed by atoms with Crippen LogP contribution >= 0.6 is 0 Å². The van der Waals surface area contributed by atoms with Crippen LogP contribution in [0.25, 0.3) is 0 Å². The largest absolute Gasteiger partial charge is 0.496 e. The van der Waals surface area contributed by atoms with Crippen LogP contribution in [0.5, 0.6) is 5.75 Å². The van der Waals surface area contributed by atoms with Crippen LogP contribution in [0.4, 0.5) is 0 Å². The summed E-state index contributed by atoms with van der Waals surface area (Å²) in [6, 6.07) is 2.86. The smallest absolute Gasteiger partial charge is 0.325 e. The van der Waals surface area contributed by atoms with Gasteiger partial charge in [-0.3, -0.25) is 9.59 Å². The molecule has 0 spiro atoms. The molecule has 0 saturated carbocycles. The number of benzene rings is 1. The molecule has 1 aromatic carbocycles. The Balaban J connectivity index is 2.78. The predicted molar refractivity (Wildman–Crippen MR) is 71.4 cm³/mol. The van der Waals surface area contributed by atoms with Gasteiger partial charge in [-0.25, -0.2) is 0 Å². The standard InChI is InChI=1S/C14H19NO4/c1-8-5-11(6-9(2)13(8)19-4)7-12(16)15-10(3)14(17)18/h5-6,10H,7H2,1-4H3,(H,15,16)(H,17,18)/t10-/m0/s1. The minimum absolute atomic E-state index is 0.156. The highest BCUT2D eigenvalue weighted by atomic mass is 16.5. The molecule has 0 bridgehead atoms. The fraction of sp³-hybridized carbons (Fsp3) is 0.429. The maximum Gasteiger partial charge on any atom is 0.325 e. The third-order valence-corrected chi connectivity index (χ3v) is 2.84. The minimum atomic E-state index is -1.05. The molecule has 19 heavy (non-hydrogen) atoms. The van der Waals surface area contributed by atoms with E-state index in [9.17, 15) is 9.59 Å². The zero-order valence-corrected chi connectivity index (χ0v) is 11.6. The molecule has 0 fully saturated rings. The van der Waals surface area contributed by atoms with E-state index in [2.05, 4.69) is 5.32 Å². The summed E-state index contributed by atoms with van der Waals surface area (Å²) in [5.74, 6) is -0.544. The van der Waals surface area contributed by atoms with Gasteiger partial charge in [0.25, 0.3) is 0 Å². The molecule has 0 heterocycles. The molecule has 0 aliphatic heterocycles. The van der Waals surface area contributed by atoms with Crippen LogP contribution in [0.3, 0.4) is 0 Å². The second-order valence-corrected chi connectivity index (χ2v) is 4.57. The van der Waals surface area contributed by atoms with Crippen LogP contribution in [0.2, 0.25) is 0 Å². The maximum atomic E-state index is 11.7. The Morgan fingerprint density at radius 3 is 2.26 bits per heavy atom. The SMILES string of the molecule is COc1c(C)cc(CC(=O)N[C@@H](C)C(=O)O)cc1C. The van der Waals surface area contributed by atoms with E-state index >= 15 is 0 Å². The van der Waals surface area contributed by atoms with Gasteiger partial charge in [-0.1, -0.05) is 12.1 Å². The summed E-state index contributed by atoms with van der Waals surface area (Å²) >= 11 is 0. The Kier molecular flexibility index (Phi) is 4.92. The first-order valence-electron chi connectivity index (χ1n) is 6.01. The normalized spacial score (nSPS) is 11.8. The topological polar surface area (TPSA) is 75.6 Å². The van der Waals surface area contributed by atoms with Gasteiger partial charge >= 0.3 is 5.97 Å². The van der Waals surface area contributed by atoms with Crippen LogP contribution in [0, 0.1) is 13.8 Å². The third kappa shape index (κ3) is 3.98. The first-order chi connectivity index (χ1) is 8.85. The quantitative estimate of drug-likeness (QED) is 0.844. The zero-order chi connectivity index (χ0) is 14.6. The van der Waals surface area contributed by atoms with Crippen molar-refractivity contribution in [1.29, 1.82) is 0 Å². The minimum Gasteiger partial charge on any atom is -0.496 e. The number of ether oxygens (including phenoxy) is 1. The molecule has 1 atom stereocenters. The molecule has 0 saturated heterocycles. The van der Waals surface area contributed by atoms with Crippen LogP contribution < -0.4 is 10.1 Å². The van der Waals surface area contributed by atoms with Crippen molar-refractivity contribution in [2.45, 2.75) is 33.2 Å². The number of amides is 1. The fourth-order valence-electron chi connectivity index (χ4n) is 2.00. The van der Waals surface area contributed by atoms with Gasteiger partial charge in [-0.05, 0) is 37.5 Å². The first-order valence-corrected chi connectivity index (χ1v) is 6.01. The molecule has 5 nitrogen and oxygen atoms in total. The molecule has 1 amide bonds. The van der Waals surface area contributed by atoms with Crippen LogP contribution in [-0.2, 0) is 16.0 Å². The Labute approximate surface area is 112 Å². The van der Waals surface area contributed by atoms with Crippen molar-refractivity contribution >= 4 is 11.9 Å². The lowest BCUT2D eigenvalue weighted by molar-refractivity contribution is -0.141. The van der Waals surface area contributed by atoms with E-state index in [1.807, 2.05) is 26.0 Å². The molecule has 0 aliphatic rings.